The van der Waals surface area contributed by atoms with E-state index in [0.29, 0.717) is 12.3 Å². The molecule has 2 rings (SSSR count). The van der Waals surface area contributed by atoms with Crippen molar-refractivity contribution >= 4 is 0 Å². The van der Waals surface area contributed by atoms with Gasteiger partial charge in [0, 0.05) is 23.8 Å². The topological polar surface area (TPSA) is 45.2 Å². The minimum Gasteiger partial charge on any atom is -0.508 e. The van der Waals surface area contributed by atoms with E-state index in [-0.39, 0.29) is 6.04 Å². The maximum Gasteiger partial charge on any atom is 0.120 e. The maximum atomic E-state index is 9.90. The number of para-hydroxylation sites is 1. The Bertz CT molecular complexity index is 540. The van der Waals surface area contributed by atoms with Gasteiger partial charge >= 0.3 is 0 Å². The van der Waals surface area contributed by atoms with E-state index >= 15 is 0 Å². The molecule has 0 aliphatic carbocycles. The Labute approximate surface area is 114 Å². The molecule has 0 aliphatic rings. The number of aromatic nitrogens is 1. The molecule has 0 fully saturated rings. The molecule has 1 unspecified atom stereocenters. The summed E-state index contributed by atoms with van der Waals surface area (Å²) in [4.78, 5) is 4.47. The highest BCUT2D eigenvalue weighted by molar-refractivity contribution is 5.34. The number of phenolic OH excluding ortho intramolecular Hbond substituents is 1. The van der Waals surface area contributed by atoms with Gasteiger partial charge in [-0.05, 0) is 31.5 Å². The van der Waals surface area contributed by atoms with Gasteiger partial charge in [0.05, 0.1) is 5.69 Å². The van der Waals surface area contributed by atoms with Crippen LogP contribution in [-0.4, -0.2) is 10.1 Å². The van der Waals surface area contributed by atoms with Gasteiger partial charge < -0.3 is 10.4 Å². The van der Waals surface area contributed by atoms with Crippen molar-refractivity contribution in [3.8, 4) is 5.75 Å². The van der Waals surface area contributed by atoms with E-state index in [1.54, 1.807) is 6.07 Å². The summed E-state index contributed by atoms with van der Waals surface area (Å²) >= 11 is 0. The van der Waals surface area contributed by atoms with Gasteiger partial charge in [0.25, 0.3) is 0 Å². The van der Waals surface area contributed by atoms with E-state index in [9.17, 15) is 5.11 Å². The van der Waals surface area contributed by atoms with Crippen molar-refractivity contribution < 1.29 is 5.11 Å². The Morgan fingerprint density at radius 2 is 1.95 bits per heavy atom. The van der Waals surface area contributed by atoms with Crippen LogP contribution < -0.4 is 5.32 Å². The summed E-state index contributed by atoms with van der Waals surface area (Å²) in [5.41, 5.74) is 2.99. The first-order chi connectivity index (χ1) is 9.20. The maximum absolute atomic E-state index is 9.90. The van der Waals surface area contributed by atoms with Crippen molar-refractivity contribution in [2.24, 2.45) is 0 Å². The predicted molar refractivity (Wildman–Crippen MR) is 77.0 cm³/mol. The first-order valence-corrected chi connectivity index (χ1v) is 6.64. The van der Waals surface area contributed by atoms with E-state index in [1.807, 2.05) is 43.3 Å². The van der Waals surface area contributed by atoms with Crippen molar-refractivity contribution in [3.05, 3.63) is 59.4 Å². The standard InChI is InChI=1S/C16H20N2O/c1-3-15(14-9-4-5-10-16(14)19)17-11-13-8-6-7-12(2)18-13/h4-10,15,17,19H,3,11H2,1-2H3. The van der Waals surface area contributed by atoms with E-state index in [0.717, 1.165) is 23.4 Å². The normalized spacial score (nSPS) is 12.3. The van der Waals surface area contributed by atoms with Crippen LogP contribution in [0.15, 0.2) is 42.5 Å². The van der Waals surface area contributed by atoms with Crippen molar-refractivity contribution in [1.29, 1.82) is 0 Å². The number of nitrogens with zero attached hydrogens (tertiary/aromatic N) is 1. The third kappa shape index (κ3) is 3.55. The molecule has 2 N–H and O–H groups in total. The zero-order valence-corrected chi connectivity index (χ0v) is 11.4. The van der Waals surface area contributed by atoms with Gasteiger partial charge in [-0.2, -0.15) is 0 Å². The molecule has 100 valence electrons. The first kappa shape index (κ1) is 13.6. The molecule has 0 radical (unpaired) electrons. The molecule has 2 aromatic rings. The molecule has 0 aliphatic heterocycles. The molecule has 3 nitrogen and oxygen atoms in total. The molecule has 1 heterocycles. The van der Waals surface area contributed by atoms with E-state index < -0.39 is 0 Å². The van der Waals surface area contributed by atoms with Crippen LogP contribution in [0.4, 0.5) is 0 Å². The third-order valence-corrected chi connectivity index (χ3v) is 3.20. The number of phenols is 1. The first-order valence-electron chi connectivity index (χ1n) is 6.64. The Kier molecular flexibility index (Phi) is 4.53. The van der Waals surface area contributed by atoms with Gasteiger partial charge in [0.1, 0.15) is 5.75 Å². The Morgan fingerprint density at radius 3 is 2.63 bits per heavy atom. The number of hydrogen-bond donors (Lipinski definition) is 2. The van der Waals surface area contributed by atoms with Crippen LogP contribution in [0.5, 0.6) is 5.75 Å². The highest BCUT2D eigenvalue weighted by Crippen LogP contribution is 2.25. The monoisotopic (exact) mass is 256 g/mol. The lowest BCUT2D eigenvalue weighted by Gasteiger charge is -2.18. The minimum absolute atomic E-state index is 0.142. The number of benzene rings is 1. The lowest BCUT2D eigenvalue weighted by Crippen LogP contribution is -2.21. The lowest BCUT2D eigenvalue weighted by atomic mass is 10.0. The molecule has 0 bridgehead atoms. The fourth-order valence-electron chi connectivity index (χ4n) is 2.18. The number of rotatable bonds is 5. The Morgan fingerprint density at radius 1 is 1.16 bits per heavy atom. The zero-order chi connectivity index (χ0) is 13.7. The van der Waals surface area contributed by atoms with Gasteiger partial charge in [-0.25, -0.2) is 0 Å². The summed E-state index contributed by atoms with van der Waals surface area (Å²) in [6, 6.07) is 13.6. The number of aromatic hydroxyl groups is 1. The summed E-state index contributed by atoms with van der Waals surface area (Å²) in [6.07, 6.45) is 0.920. The van der Waals surface area contributed by atoms with Crippen LogP contribution in [0.1, 0.15) is 36.3 Å². The summed E-state index contributed by atoms with van der Waals surface area (Å²) < 4.78 is 0. The minimum atomic E-state index is 0.142. The highest BCUT2D eigenvalue weighted by atomic mass is 16.3. The summed E-state index contributed by atoms with van der Waals surface area (Å²) in [6.45, 7) is 4.80. The average Bonchev–Trinajstić information content (AvgIpc) is 2.41. The Balaban J connectivity index is 2.06. The fourth-order valence-corrected chi connectivity index (χ4v) is 2.18. The second-order valence-electron chi connectivity index (χ2n) is 4.67. The van der Waals surface area contributed by atoms with Gasteiger partial charge in [-0.3, -0.25) is 4.98 Å². The quantitative estimate of drug-likeness (QED) is 0.862. The van der Waals surface area contributed by atoms with Crippen LogP contribution in [0.3, 0.4) is 0 Å². The van der Waals surface area contributed by atoms with Crippen molar-refractivity contribution in [2.75, 3.05) is 0 Å². The molecule has 0 amide bonds. The number of aryl methyl sites for hydroxylation is 1. The van der Waals surface area contributed by atoms with Gasteiger partial charge in [0.2, 0.25) is 0 Å². The second kappa shape index (κ2) is 6.34. The van der Waals surface area contributed by atoms with Gasteiger partial charge in [0.15, 0.2) is 0 Å². The second-order valence-corrected chi connectivity index (χ2v) is 4.67. The lowest BCUT2D eigenvalue weighted by molar-refractivity contribution is 0.440. The number of pyridine rings is 1. The van der Waals surface area contributed by atoms with Crippen molar-refractivity contribution in [3.63, 3.8) is 0 Å². The van der Waals surface area contributed by atoms with E-state index in [4.69, 9.17) is 0 Å². The number of nitrogens with one attached hydrogen (secondary N) is 1. The smallest absolute Gasteiger partial charge is 0.120 e. The molecule has 3 heteroatoms. The molecule has 1 atom stereocenters. The predicted octanol–water partition coefficient (Wildman–Crippen LogP) is 3.34. The van der Waals surface area contributed by atoms with E-state index in [2.05, 4.69) is 17.2 Å². The molecular formula is C16H20N2O. The van der Waals surface area contributed by atoms with Crippen LogP contribution in [0.25, 0.3) is 0 Å². The molecule has 0 saturated carbocycles. The highest BCUT2D eigenvalue weighted by Gasteiger charge is 2.12. The SMILES string of the molecule is CCC(NCc1cccc(C)n1)c1ccccc1O. The van der Waals surface area contributed by atoms with Gasteiger partial charge in [-0.15, -0.1) is 0 Å². The van der Waals surface area contributed by atoms with Crippen LogP contribution in [-0.2, 0) is 6.54 Å². The van der Waals surface area contributed by atoms with Crippen LogP contribution in [0, 0.1) is 6.92 Å². The molecule has 0 saturated heterocycles. The van der Waals surface area contributed by atoms with Crippen LogP contribution in [0.2, 0.25) is 0 Å². The third-order valence-electron chi connectivity index (χ3n) is 3.20. The average molecular weight is 256 g/mol. The largest absolute Gasteiger partial charge is 0.508 e. The van der Waals surface area contributed by atoms with E-state index in [1.165, 1.54) is 0 Å². The summed E-state index contributed by atoms with van der Waals surface area (Å²) in [7, 11) is 0. The van der Waals surface area contributed by atoms with Crippen LogP contribution >= 0.6 is 0 Å². The molecule has 1 aromatic carbocycles. The molecule has 19 heavy (non-hydrogen) atoms. The molecule has 1 aromatic heterocycles. The summed E-state index contributed by atoms with van der Waals surface area (Å²) in [5, 5.41) is 13.3. The van der Waals surface area contributed by atoms with Crippen molar-refractivity contribution in [1.82, 2.24) is 10.3 Å². The van der Waals surface area contributed by atoms with Crippen molar-refractivity contribution in [2.45, 2.75) is 32.9 Å². The summed E-state index contributed by atoms with van der Waals surface area (Å²) in [5.74, 6) is 0.346. The Hall–Kier alpha value is -1.87. The fraction of sp³-hybridized carbons (Fsp3) is 0.312. The number of hydrogen-bond acceptors (Lipinski definition) is 3. The van der Waals surface area contributed by atoms with Gasteiger partial charge in [-0.1, -0.05) is 31.2 Å². The zero-order valence-electron chi connectivity index (χ0n) is 11.4. The molecular weight excluding hydrogens is 236 g/mol. The molecule has 0 spiro atoms.